The van der Waals surface area contributed by atoms with Crippen molar-refractivity contribution in [3.63, 3.8) is 0 Å². The summed E-state index contributed by atoms with van der Waals surface area (Å²) < 4.78 is 5.03. The van der Waals surface area contributed by atoms with Crippen LogP contribution in [0.15, 0.2) is 54.7 Å². The van der Waals surface area contributed by atoms with Gasteiger partial charge in [-0.2, -0.15) is 15.5 Å². The van der Waals surface area contributed by atoms with Crippen molar-refractivity contribution in [1.29, 1.82) is 10.5 Å². The molecule has 1 N–H and O–H groups in total. The number of rotatable bonds is 5. The predicted molar refractivity (Wildman–Crippen MR) is 122 cm³/mol. The van der Waals surface area contributed by atoms with Crippen molar-refractivity contribution in [2.45, 2.75) is 13.8 Å². The number of nitrogens with zero attached hydrogens (tertiary/aromatic N) is 5. The van der Waals surface area contributed by atoms with Gasteiger partial charge < -0.3 is 10.1 Å². The van der Waals surface area contributed by atoms with Gasteiger partial charge in [-0.1, -0.05) is 0 Å². The second-order valence-electron chi connectivity index (χ2n) is 6.82. The molecule has 1 heterocycles. The second-order valence-corrected chi connectivity index (χ2v) is 6.82. The van der Waals surface area contributed by atoms with Crippen molar-refractivity contribution in [2.75, 3.05) is 17.3 Å². The van der Waals surface area contributed by atoms with Crippen LogP contribution in [0.5, 0.6) is 0 Å². The zero-order valence-electron chi connectivity index (χ0n) is 17.8. The van der Waals surface area contributed by atoms with Crippen LogP contribution in [-0.2, 0) is 4.74 Å². The van der Waals surface area contributed by atoms with E-state index in [9.17, 15) is 4.79 Å². The Morgan fingerprint density at radius 2 is 1.81 bits per heavy atom. The van der Waals surface area contributed by atoms with E-state index in [2.05, 4.69) is 21.4 Å². The Hall–Kier alpha value is -4.69. The first-order valence-corrected chi connectivity index (χ1v) is 9.62. The molecule has 2 aromatic carbocycles. The van der Waals surface area contributed by atoms with Gasteiger partial charge in [0.2, 0.25) is 5.95 Å². The summed E-state index contributed by atoms with van der Waals surface area (Å²) >= 11 is 0. The number of ether oxygens (including phenoxy) is 1. The summed E-state index contributed by atoms with van der Waals surface area (Å²) in [7, 11) is 1.31. The van der Waals surface area contributed by atoms with E-state index < -0.39 is 6.09 Å². The van der Waals surface area contributed by atoms with E-state index in [1.165, 1.54) is 18.1 Å². The van der Waals surface area contributed by atoms with E-state index in [1.807, 2.05) is 32.0 Å². The molecule has 1 aromatic heterocycles. The fourth-order valence-electron chi connectivity index (χ4n) is 3.25. The first-order valence-electron chi connectivity index (χ1n) is 9.62. The standard InChI is InChI=1S/C24H20N6O2/c1-16-13-19(5-4-11-25)14-17(2)22(16)30(24(31)32-3)21-10-12-27-23(29-21)28-20-8-6-18(15-26)7-9-20/h4-10,12-14H,1-3H3,(H,27,28,29)/b5-4+. The van der Waals surface area contributed by atoms with Crippen molar-refractivity contribution < 1.29 is 9.53 Å². The third kappa shape index (κ3) is 4.89. The average molecular weight is 424 g/mol. The molecule has 0 saturated carbocycles. The van der Waals surface area contributed by atoms with Crippen molar-refractivity contribution in [2.24, 2.45) is 0 Å². The number of anilines is 4. The van der Waals surface area contributed by atoms with E-state index in [4.69, 9.17) is 15.3 Å². The maximum Gasteiger partial charge on any atom is 0.419 e. The molecule has 1 amide bonds. The van der Waals surface area contributed by atoms with Crippen LogP contribution in [0, 0.1) is 36.5 Å². The van der Waals surface area contributed by atoms with E-state index in [1.54, 1.807) is 42.6 Å². The van der Waals surface area contributed by atoms with E-state index >= 15 is 0 Å². The number of hydrogen-bond donors (Lipinski definition) is 1. The van der Waals surface area contributed by atoms with Crippen LogP contribution in [0.1, 0.15) is 22.3 Å². The topological polar surface area (TPSA) is 115 Å². The number of amides is 1. The highest BCUT2D eigenvalue weighted by atomic mass is 16.5. The van der Waals surface area contributed by atoms with Gasteiger partial charge in [-0.15, -0.1) is 0 Å². The maximum atomic E-state index is 12.7. The lowest BCUT2D eigenvalue weighted by molar-refractivity contribution is 0.181. The lowest BCUT2D eigenvalue weighted by atomic mass is 10.0. The molecule has 8 heteroatoms. The minimum atomic E-state index is -0.598. The zero-order valence-corrected chi connectivity index (χ0v) is 17.8. The van der Waals surface area contributed by atoms with Crippen LogP contribution in [0.3, 0.4) is 0 Å². The van der Waals surface area contributed by atoms with Gasteiger partial charge in [0.15, 0.2) is 0 Å². The van der Waals surface area contributed by atoms with Gasteiger partial charge in [0.05, 0.1) is 30.5 Å². The quantitative estimate of drug-likeness (QED) is 0.563. The summed E-state index contributed by atoms with van der Waals surface area (Å²) in [6, 6.07) is 16.3. The number of benzene rings is 2. The number of allylic oxidation sites excluding steroid dienone is 1. The lowest BCUT2D eigenvalue weighted by Gasteiger charge is -2.24. The first kappa shape index (κ1) is 22.0. The number of carbonyl (C=O) groups excluding carboxylic acids is 1. The molecular formula is C24H20N6O2. The molecule has 0 aliphatic rings. The number of nitriles is 2. The highest BCUT2D eigenvalue weighted by Gasteiger charge is 2.24. The Balaban J connectivity index is 2.01. The minimum absolute atomic E-state index is 0.282. The minimum Gasteiger partial charge on any atom is -0.452 e. The second kappa shape index (κ2) is 9.88. The molecular weight excluding hydrogens is 404 g/mol. The maximum absolute atomic E-state index is 12.7. The molecule has 0 spiro atoms. The van der Waals surface area contributed by atoms with Crippen molar-refractivity contribution in [3.8, 4) is 12.1 Å². The number of nitrogens with one attached hydrogen (secondary N) is 1. The van der Waals surface area contributed by atoms with Crippen LogP contribution in [0.25, 0.3) is 6.08 Å². The van der Waals surface area contributed by atoms with Crippen molar-refractivity contribution >= 4 is 35.3 Å². The van der Waals surface area contributed by atoms with Gasteiger partial charge in [-0.25, -0.2) is 14.7 Å². The smallest absolute Gasteiger partial charge is 0.419 e. The highest BCUT2D eigenvalue weighted by Crippen LogP contribution is 2.33. The van der Waals surface area contributed by atoms with Crippen molar-refractivity contribution in [1.82, 2.24) is 9.97 Å². The number of methoxy groups -OCH3 is 1. The predicted octanol–water partition coefficient (Wildman–Crippen LogP) is 5.15. The number of aromatic nitrogens is 2. The summed E-state index contributed by atoms with van der Waals surface area (Å²) in [6.45, 7) is 3.75. The van der Waals surface area contributed by atoms with Gasteiger partial charge in [0.1, 0.15) is 5.82 Å². The van der Waals surface area contributed by atoms with Gasteiger partial charge >= 0.3 is 6.09 Å². The van der Waals surface area contributed by atoms with E-state index in [0.29, 0.717) is 22.8 Å². The molecule has 0 atom stereocenters. The van der Waals surface area contributed by atoms with Crippen molar-refractivity contribution in [3.05, 3.63) is 77.0 Å². The van der Waals surface area contributed by atoms with Gasteiger partial charge in [0.25, 0.3) is 0 Å². The molecule has 0 fully saturated rings. The Kier molecular flexibility index (Phi) is 6.79. The summed E-state index contributed by atoms with van der Waals surface area (Å²) in [5, 5.41) is 20.8. The summed E-state index contributed by atoms with van der Waals surface area (Å²) in [5.41, 5.74) is 4.35. The first-order chi connectivity index (χ1) is 15.5. The molecule has 0 radical (unpaired) electrons. The van der Waals surface area contributed by atoms with Gasteiger partial charge in [-0.3, -0.25) is 0 Å². The van der Waals surface area contributed by atoms with Crippen LogP contribution in [0.4, 0.5) is 27.9 Å². The number of carbonyl (C=O) groups is 1. The molecule has 158 valence electrons. The summed E-state index contributed by atoms with van der Waals surface area (Å²) in [6.07, 6.45) is 4.05. The van der Waals surface area contributed by atoms with Gasteiger partial charge in [0, 0.05) is 24.0 Å². The largest absolute Gasteiger partial charge is 0.452 e. The van der Waals surface area contributed by atoms with Crippen LogP contribution >= 0.6 is 0 Å². The summed E-state index contributed by atoms with van der Waals surface area (Å²) in [4.78, 5) is 22.8. The van der Waals surface area contributed by atoms with Crippen LogP contribution in [0.2, 0.25) is 0 Å². The molecule has 0 aliphatic heterocycles. The monoisotopic (exact) mass is 424 g/mol. The molecule has 0 saturated heterocycles. The Morgan fingerprint density at radius 1 is 1.12 bits per heavy atom. The molecule has 32 heavy (non-hydrogen) atoms. The van der Waals surface area contributed by atoms with E-state index in [0.717, 1.165) is 16.7 Å². The Bertz CT molecular complexity index is 1230. The molecule has 0 bridgehead atoms. The number of hydrogen-bond acceptors (Lipinski definition) is 7. The Labute approximate surface area is 186 Å². The SMILES string of the molecule is COC(=O)N(c1ccnc(Nc2ccc(C#N)cc2)n1)c1c(C)cc(/C=C/C#N)cc1C. The third-order valence-electron chi connectivity index (χ3n) is 4.58. The molecule has 0 unspecified atom stereocenters. The zero-order chi connectivity index (χ0) is 23.1. The molecule has 3 aromatic rings. The highest BCUT2D eigenvalue weighted by molar-refractivity contribution is 5.97. The molecule has 3 rings (SSSR count). The van der Waals surface area contributed by atoms with Gasteiger partial charge in [-0.05, 0) is 73.0 Å². The molecule has 0 aliphatic carbocycles. The third-order valence-corrected chi connectivity index (χ3v) is 4.58. The average Bonchev–Trinajstić information content (AvgIpc) is 2.80. The lowest BCUT2D eigenvalue weighted by Crippen LogP contribution is -2.28. The van der Waals surface area contributed by atoms with Crippen LogP contribution in [-0.4, -0.2) is 23.2 Å². The number of aryl methyl sites for hydroxylation is 2. The summed E-state index contributed by atoms with van der Waals surface area (Å²) in [5.74, 6) is 0.611. The Morgan fingerprint density at radius 3 is 2.41 bits per heavy atom. The fraction of sp³-hybridized carbons (Fsp3) is 0.125. The van der Waals surface area contributed by atoms with E-state index in [-0.39, 0.29) is 5.95 Å². The van der Waals surface area contributed by atoms with Crippen LogP contribution < -0.4 is 10.2 Å². The molecule has 8 nitrogen and oxygen atoms in total. The fourth-order valence-corrected chi connectivity index (χ4v) is 3.25. The normalized spacial score (nSPS) is 10.3.